The average Bonchev–Trinajstić information content (AvgIpc) is 2.95. The number of alkyl halides is 3. The molecule has 0 spiro atoms. The maximum atomic E-state index is 15.8. The molecular formula is C30H35F4N5O3. The number of dihydropyridines is 1. The lowest BCUT2D eigenvalue weighted by Crippen LogP contribution is -2.50. The standard InChI is InChI=1S/C30H35F4N5O3/c1-19-17-39(7-6-37(19)2)27-15-25(31)22(21-5-3-4-20(12-21)18-38-8-10-42-11-9-38)13-26(27)36-29(41)23-16-35-28(40)14-24(23)30(32,33)34/h3-5,12-16,19,28,35,40H,6-11,17-18H2,1-2H3,(H,36,41). The lowest BCUT2D eigenvalue weighted by atomic mass is 9.99. The van der Waals surface area contributed by atoms with Gasteiger partial charge in [-0.25, -0.2) is 4.39 Å². The number of ether oxygens (including phenoxy) is 1. The fourth-order valence-electron chi connectivity index (χ4n) is 5.43. The first-order valence-electron chi connectivity index (χ1n) is 13.9. The monoisotopic (exact) mass is 589 g/mol. The highest BCUT2D eigenvalue weighted by atomic mass is 19.4. The number of rotatable bonds is 6. The molecule has 3 aliphatic heterocycles. The third-order valence-electron chi connectivity index (χ3n) is 7.94. The number of morpholine rings is 1. The molecule has 0 radical (unpaired) electrons. The molecule has 226 valence electrons. The fraction of sp³-hybridized carbons (Fsp3) is 0.433. The van der Waals surface area contributed by atoms with E-state index in [9.17, 15) is 23.1 Å². The van der Waals surface area contributed by atoms with Crippen molar-refractivity contribution in [3.8, 4) is 11.1 Å². The summed E-state index contributed by atoms with van der Waals surface area (Å²) in [4.78, 5) is 19.6. The van der Waals surface area contributed by atoms with Crippen molar-refractivity contribution in [1.82, 2.24) is 15.1 Å². The molecule has 3 heterocycles. The molecule has 2 saturated heterocycles. The van der Waals surface area contributed by atoms with E-state index in [-0.39, 0.29) is 17.3 Å². The van der Waals surface area contributed by atoms with Crippen molar-refractivity contribution in [2.75, 3.05) is 63.2 Å². The highest BCUT2D eigenvalue weighted by Crippen LogP contribution is 2.38. The van der Waals surface area contributed by atoms with Gasteiger partial charge in [-0.15, -0.1) is 0 Å². The van der Waals surface area contributed by atoms with Gasteiger partial charge < -0.3 is 30.3 Å². The smallest absolute Gasteiger partial charge is 0.379 e. The molecule has 2 fully saturated rings. The number of piperazine rings is 1. The number of aliphatic hydroxyl groups is 1. The van der Waals surface area contributed by atoms with E-state index in [0.29, 0.717) is 56.7 Å². The number of benzene rings is 2. The topological polar surface area (TPSA) is 80.3 Å². The Kier molecular flexibility index (Phi) is 8.88. The van der Waals surface area contributed by atoms with Gasteiger partial charge >= 0.3 is 6.18 Å². The summed E-state index contributed by atoms with van der Waals surface area (Å²) in [6.45, 7) is 7.36. The Morgan fingerprint density at radius 2 is 1.90 bits per heavy atom. The van der Waals surface area contributed by atoms with Crippen LogP contribution in [0.15, 0.2) is 59.8 Å². The molecule has 0 aliphatic carbocycles. The number of carbonyl (C=O) groups excluding carboxylic acids is 1. The molecule has 2 aromatic rings. The number of carbonyl (C=O) groups is 1. The fourth-order valence-corrected chi connectivity index (χ4v) is 5.43. The first-order chi connectivity index (χ1) is 20.0. The molecule has 0 saturated carbocycles. The van der Waals surface area contributed by atoms with Crippen LogP contribution in [-0.4, -0.2) is 92.2 Å². The molecule has 2 unspecified atom stereocenters. The SMILES string of the molecule is CC1CN(c2cc(F)c(-c3cccc(CN4CCOCC4)c3)cc2NC(=O)C2=CNC(O)C=C2C(F)(F)F)CCN1C. The Balaban J connectivity index is 1.50. The summed E-state index contributed by atoms with van der Waals surface area (Å²) in [6.07, 6.45) is -5.05. The van der Waals surface area contributed by atoms with Crippen LogP contribution in [0.2, 0.25) is 0 Å². The van der Waals surface area contributed by atoms with Crippen LogP contribution in [0.4, 0.5) is 28.9 Å². The van der Waals surface area contributed by atoms with E-state index >= 15 is 4.39 Å². The second-order valence-electron chi connectivity index (χ2n) is 10.9. The van der Waals surface area contributed by atoms with Gasteiger partial charge in [-0.2, -0.15) is 13.2 Å². The van der Waals surface area contributed by atoms with Crippen LogP contribution in [0.3, 0.4) is 0 Å². The second-order valence-corrected chi connectivity index (χ2v) is 10.9. The number of aliphatic hydroxyl groups excluding tert-OH is 1. The van der Waals surface area contributed by atoms with E-state index in [4.69, 9.17) is 4.74 Å². The van der Waals surface area contributed by atoms with Crippen LogP contribution in [0.5, 0.6) is 0 Å². The molecule has 1 amide bonds. The summed E-state index contributed by atoms with van der Waals surface area (Å²) in [5.41, 5.74) is 0.440. The number of amides is 1. The summed E-state index contributed by atoms with van der Waals surface area (Å²) in [6, 6.07) is 10.4. The predicted octanol–water partition coefficient (Wildman–Crippen LogP) is 3.70. The van der Waals surface area contributed by atoms with Crippen molar-refractivity contribution in [1.29, 1.82) is 0 Å². The highest BCUT2D eigenvalue weighted by Gasteiger charge is 2.40. The Morgan fingerprint density at radius 3 is 2.62 bits per heavy atom. The van der Waals surface area contributed by atoms with Crippen LogP contribution in [-0.2, 0) is 16.1 Å². The van der Waals surface area contributed by atoms with Gasteiger partial charge in [-0.3, -0.25) is 9.69 Å². The van der Waals surface area contributed by atoms with E-state index in [1.54, 1.807) is 6.07 Å². The highest BCUT2D eigenvalue weighted by molar-refractivity contribution is 6.09. The van der Waals surface area contributed by atoms with Crippen molar-refractivity contribution in [3.63, 3.8) is 0 Å². The molecule has 2 atom stereocenters. The molecule has 12 heteroatoms. The number of nitrogens with zero attached hydrogens (tertiary/aromatic N) is 3. The van der Waals surface area contributed by atoms with Crippen molar-refractivity contribution in [3.05, 3.63) is 71.2 Å². The summed E-state index contributed by atoms with van der Waals surface area (Å²) >= 11 is 0. The predicted molar refractivity (Wildman–Crippen MR) is 152 cm³/mol. The van der Waals surface area contributed by atoms with Crippen LogP contribution in [0.1, 0.15) is 12.5 Å². The van der Waals surface area contributed by atoms with Gasteiger partial charge in [0, 0.05) is 57.1 Å². The average molecular weight is 590 g/mol. The normalized spacial score (nSPS) is 22.3. The number of halogens is 4. The first-order valence-corrected chi connectivity index (χ1v) is 13.9. The van der Waals surface area contributed by atoms with E-state index in [2.05, 4.69) is 20.4 Å². The molecule has 0 bridgehead atoms. The maximum Gasteiger partial charge on any atom is 0.417 e. The van der Waals surface area contributed by atoms with E-state index in [1.165, 1.54) is 12.1 Å². The van der Waals surface area contributed by atoms with Crippen molar-refractivity contribution in [2.45, 2.75) is 31.9 Å². The quantitative estimate of drug-likeness (QED) is 0.444. The molecule has 2 aromatic carbocycles. The zero-order valence-corrected chi connectivity index (χ0v) is 23.5. The zero-order valence-electron chi connectivity index (χ0n) is 23.5. The van der Waals surface area contributed by atoms with E-state index < -0.39 is 35.3 Å². The van der Waals surface area contributed by atoms with Gasteiger partial charge in [0.05, 0.1) is 35.7 Å². The number of anilines is 2. The summed E-state index contributed by atoms with van der Waals surface area (Å²) in [7, 11) is 1.99. The van der Waals surface area contributed by atoms with E-state index in [1.807, 2.05) is 37.1 Å². The van der Waals surface area contributed by atoms with Gasteiger partial charge in [-0.05, 0) is 49.4 Å². The number of hydrogen-bond donors (Lipinski definition) is 3. The summed E-state index contributed by atoms with van der Waals surface area (Å²) in [5, 5.41) is 14.7. The number of nitrogens with one attached hydrogen (secondary N) is 2. The summed E-state index contributed by atoms with van der Waals surface area (Å²) < 4.78 is 62.5. The summed E-state index contributed by atoms with van der Waals surface area (Å²) in [5.74, 6) is -1.53. The van der Waals surface area contributed by atoms with Gasteiger partial charge in [0.1, 0.15) is 12.0 Å². The van der Waals surface area contributed by atoms with Gasteiger partial charge in [0.2, 0.25) is 0 Å². The third kappa shape index (κ3) is 6.78. The van der Waals surface area contributed by atoms with Gasteiger partial charge in [0.25, 0.3) is 5.91 Å². The molecule has 3 aliphatic rings. The number of hydrogen-bond acceptors (Lipinski definition) is 7. The van der Waals surface area contributed by atoms with Crippen molar-refractivity contribution in [2.24, 2.45) is 0 Å². The molecule has 42 heavy (non-hydrogen) atoms. The molecule has 5 rings (SSSR count). The third-order valence-corrected chi connectivity index (χ3v) is 7.94. The molecular weight excluding hydrogens is 554 g/mol. The lowest BCUT2D eigenvalue weighted by Gasteiger charge is -2.39. The van der Waals surface area contributed by atoms with Crippen LogP contribution < -0.4 is 15.5 Å². The first kappa shape index (κ1) is 30.0. The van der Waals surface area contributed by atoms with Crippen molar-refractivity contribution >= 4 is 17.3 Å². The molecule has 0 aromatic heterocycles. The minimum Gasteiger partial charge on any atom is -0.379 e. The van der Waals surface area contributed by atoms with Crippen LogP contribution >= 0.6 is 0 Å². The van der Waals surface area contributed by atoms with E-state index in [0.717, 1.165) is 24.9 Å². The second kappa shape index (κ2) is 12.4. The Labute approximate surface area is 242 Å². The molecule has 8 nitrogen and oxygen atoms in total. The lowest BCUT2D eigenvalue weighted by molar-refractivity contribution is -0.115. The number of likely N-dealkylation sites (N-methyl/N-ethyl adjacent to an activating group) is 1. The van der Waals surface area contributed by atoms with Crippen LogP contribution in [0.25, 0.3) is 11.1 Å². The molecule has 3 N–H and O–H groups in total. The largest absolute Gasteiger partial charge is 0.417 e. The Bertz CT molecular complexity index is 1370. The van der Waals surface area contributed by atoms with Crippen LogP contribution in [0, 0.1) is 5.82 Å². The maximum absolute atomic E-state index is 15.8. The minimum absolute atomic E-state index is 0.133. The minimum atomic E-state index is -4.86. The Hall–Kier alpha value is -3.45. The van der Waals surface area contributed by atoms with Crippen molar-refractivity contribution < 1.29 is 32.2 Å². The zero-order chi connectivity index (χ0) is 30.0. The van der Waals surface area contributed by atoms with Gasteiger partial charge in [-0.1, -0.05) is 18.2 Å². The Morgan fingerprint density at radius 1 is 1.14 bits per heavy atom. The van der Waals surface area contributed by atoms with Gasteiger partial charge in [0.15, 0.2) is 0 Å².